The summed E-state index contributed by atoms with van der Waals surface area (Å²) in [5.41, 5.74) is 1.73. The minimum atomic E-state index is -0.287. The van der Waals surface area contributed by atoms with Gasteiger partial charge in [-0.25, -0.2) is 0 Å². The standard InChI is InChI=1S/C22H24N2O5/c1-27-17-7-4-15(5-8-17)18(14-2-3-14)11-21(25)23-12-22(26)24-16-6-9-19-20(10-16)29-13-28-19/h4-10,14,18H,2-3,11-13H2,1H3,(H,23,25)(H,24,26). The van der Waals surface area contributed by atoms with Crippen LogP contribution in [-0.4, -0.2) is 32.3 Å². The van der Waals surface area contributed by atoms with E-state index < -0.39 is 0 Å². The number of methoxy groups -OCH3 is 1. The maximum Gasteiger partial charge on any atom is 0.243 e. The molecule has 2 aromatic rings. The molecule has 7 heteroatoms. The molecular formula is C22H24N2O5. The molecule has 0 bridgehead atoms. The van der Waals surface area contributed by atoms with Gasteiger partial charge >= 0.3 is 0 Å². The van der Waals surface area contributed by atoms with Crippen LogP contribution in [-0.2, 0) is 9.59 Å². The van der Waals surface area contributed by atoms with Gasteiger partial charge in [-0.05, 0) is 54.5 Å². The third-order valence-electron chi connectivity index (χ3n) is 5.24. The van der Waals surface area contributed by atoms with Crippen LogP contribution in [0.15, 0.2) is 42.5 Å². The molecule has 2 aliphatic rings. The molecule has 0 radical (unpaired) electrons. The summed E-state index contributed by atoms with van der Waals surface area (Å²) in [6, 6.07) is 13.0. The largest absolute Gasteiger partial charge is 0.497 e. The van der Waals surface area contributed by atoms with Crippen molar-refractivity contribution in [3.8, 4) is 17.2 Å². The van der Waals surface area contributed by atoms with E-state index in [4.69, 9.17) is 14.2 Å². The van der Waals surface area contributed by atoms with E-state index >= 15 is 0 Å². The van der Waals surface area contributed by atoms with E-state index in [1.54, 1.807) is 25.3 Å². The number of anilines is 1. The highest BCUT2D eigenvalue weighted by atomic mass is 16.7. The van der Waals surface area contributed by atoms with Crippen molar-refractivity contribution in [2.75, 3.05) is 25.8 Å². The Morgan fingerprint density at radius 3 is 2.55 bits per heavy atom. The highest BCUT2D eigenvalue weighted by molar-refractivity contribution is 5.94. The first kappa shape index (κ1) is 19.1. The van der Waals surface area contributed by atoms with Crippen LogP contribution in [0.3, 0.4) is 0 Å². The molecule has 2 N–H and O–H groups in total. The number of hydrogen-bond acceptors (Lipinski definition) is 5. The lowest BCUT2D eigenvalue weighted by atomic mass is 9.90. The quantitative estimate of drug-likeness (QED) is 0.716. The number of hydrogen-bond donors (Lipinski definition) is 2. The van der Waals surface area contributed by atoms with Crippen LogP contribution < -0.4 is 24.8 Å². The molecule has 2 amide bonds. The number of fused-ring (bicyclic) bond motifs is 1. The minimum Gasteiger partial charge on any atom is -0.497 e. The van der Waals surface area contributed by atoms with E-state index in [1.165, 1.54) is 0 Å². The van der Waals surface area contributed by atoms with Gasteiger partial charge in [-0.15, -0.1) is 0 Å². The molecule has 1 saturated carbocycles. The second-order valence-corrected chi connectivity index (χ2v) is 7.31. The Morgan fingerprint density at radius 1 is 1.07 bits per heavy atom. The molecule has 152 valence electrons. The normalized spacial score (nSPS) is 15.5. The van der Waals surface area contributed by atoms with Crippen molar-refractivity contribution < 1.29 is 23.8 Å². The fraction of sp³-hybridized carbons (Fsp3) is 0.364. The molecule has 1 aliphatic carbocycles. The zero-order valence-electron chi connectivity index (χ0n) is 16.3. The predicted molar refractivity (Wildman–Crippen MR) is 107 cm³/mol. The van der Waals surface area contributed by atoms with Gasteiger partial charge in [0.05, 0.1) is 13.7 Å². The van der Waals surface area contributed by atoms with E-state index in [9.17, 15) is 9.59 Å². The third-order valence-corrected chi connectivity index (χ3v) is 5.24. The van der Waals surface area contributed by atoms with Gasteiger partial charge < -0.3 is 24.8 Å². The average Bonchev–Trinajstić information content (AvgIpc) is 3.47. The summed E-state index contributed by atoms with van der Waals surface area (Å²) in [5, 5.41) is 5.49. The monoisotopic (exact) mass is 396 g/mol. The van der Waals surface area contributed by atoms with E-state index in [0.29, 0.717) is 29.5 Å². The first-order valence-corrected chi connectivity index (χ1v) is 9.72. The Hall–Kier alpha value is -3.22. The fourth-order valence-corrected chi connectivity index (χ4v) is 3.54. The van der Waals surface area contributed by atoms with Gasteiger partial charge in [0.25, 0.3) is 0 Å². The third kappa shape index (κ3) is 4.80. The zero-order valence-corrected chi connectivity index (χ0v) is 16.3. The maximum atomic E-state index is 12.4. The molecule has 0 aromatic heterocycles. The van der Waals surface area contributed by atoms with Crippen molar-refractivity contribution in [1.82, 2.24) is 5.32 Å². The topological polar surface area (TPSA) is 85.9 Å². The number of amides is 2. The van der Waals surface area contributed by atoms with Crippen LogP contribution in [0.5, 0.6) is 17.2 Å². The van der Waals surface area contributed by atoms with Crippen LogP contribution >= 0.6 is 0 Å². The highest BCUT2D eigenvalue weighted by Crippen LogP contribution is 2.44. The zero-order chi connectivity index (χ0) is 20.2. The van der Waals surface area contributed by atoms with Crippen LogP contribution in [0.4, 0.5) is 5.69 Å². The number of carbonyl (C=O) groups is 2. The Kier molecular flexibility index (Phi) is 5.55. The Labute approximate surface area is 169 Å². The molecule has 1 aliphatic heterocycles. The number of benzene rings is 2. The first-order valence-electron chi connectivity index (χ1n) is 9.72. The summed E-state index contributed by atoms with van der Waals surface area (Å²) in [5.74, 6) is 2.32. The minimum absolute atomic E-state index is 0.0761. The Bertz CT molecular complexity index is 893. The second-order valence-electron chi connectivity index (χ2n) is 7.31. The second kappa shape index (κ2) is 8.43. The maximum absolute atomic E-state index is 12.4. The summed E-state index contributed by atoms with van der Waals surface area (Å²) in [6.07, 6.45) is 2.64. The first-order chi connectivity index (χ1) is 14.1. The lowest BCUT2D eigenvalue weighted by Gasteiger charge is -2.17. The van der Waals surface area contributed by atoms with Crippen LogP contribution in [0.1, 0.15) is 30.7 Å². The summed E-state index contributed by atoms with van der Waals surface area (Å²) in [7, 11) is 1.63. The van der Waals surface area contributed by atoms with Crippen molar-refractivity contribution >= 4 is 17.5 Å². The lowest BCUT2D eigenvalue weighted by Crippen LogP contribution is -2.33. The number of carbonyl (C=O) groups excluding carboxylic acids is 2. The van der Waals surface area contributed by atoms with Crippen LogP contribution in [0.25, 0.3) is 0 Å². The molecule has 1 fully saturated rings. The number of nitrogens with one attached hydrogen (secondary N) is 2. The number of rotatable bonds is 8. The van der Waals surface area contributed by atoms with Crippen molar-refractivity contribution in [2.24, 2.45) is 5.92 Å². The molecule has 2 aromatic carbocycles. The van der Waals surface area contributed by atoms with Gasteiger partial charge in [-0.3, -0.25) is 9.59 Å². The van der Waals surface area contributed by atoms with E-state index in [0.717, 1.165) is 24.2 Å². The van der Waals surface area contributed by atoms with Crippen molar-refractivity contribution in [2.45, 2.75) is 25.2 Å². The molecule has 29 heavy (non-hydrogen) atoms. The molecule has 1 heterocycles. The van der Waals surface area contributed by atoms with E-state index in [1.807, 2.05) is 24.3 Å². The van der Waals surface area contributed by atoms with Gasteiger partial charge in [0.1, 0.15) is 5.75 Å². The summed E-state index contributed by atoms with van der Waals surface area (Å²) in [6.45, 7) is 0.104. The molecule has 0 saturated heterocycles. The Morgan fingerprint density at radius 2 is 1.83 bits per heavy atom. The van der Waals surface area contributed by atoms with Crippen molar-refractivity contribution in [3.05, 3.63) is 48.0 Å². The van der Waals surface area contributed by atoms with Crippen LogP contribution in [0.2, 0.25) is 0 Å². The van der Waals surface area contributed by atoms with Gasteiger partial charge in [0.15, 0.2) is 11.5 Å². The summed E-state index contributed by atoms with van der Waals surface area (Å²) >= 11 is 0. The SMILES string of the molecule is COc1ccc(C(CC(=O)NCC(=O)Nc2ccc3c(c2)OCO3)C2CC2)cc1. The fourth-order valence-electron chi connectivity index (χ4n) is 3.54. The lowest BCUT2D eigenvalue weighted by molar-refractivity contribution is -0.124. The molecule has 7 nitrogen and oxygen atoms in total. The van der Waals surface area contributed by atoms with Gasteiger partial charge in [-0.1, -0.05) is 12.1 Å². The molecule has 0 spiro atoms. The Balaban J connectivity index is 1.28. The molecular weight excluding hydrogens is 372 g/mol. The highest BCUT2D eigenvalue weighted by Gasteiger charge is 2.33. The molecule has 4 rings (SSSR count). The molecule has 1 unspecified atom stereocenters. The number of ether oxygens (including phenoxy) is 3. The van der Waals surface area contributed by atoms with Crippen molar-refractivity contribution in [3.63, 3.8) is 0 Å². The average molecular weight is 396 g/mol. The van der Waals surface area contributed by atoms with E-state index in [2.05, 4.69) is 10.6 Å². The van der Waals surface area contributed by atoms with Gasteiger partial charge in [-0.2, -0.15) is 0 Å². The predicted octanol–water partition coefficient (Wildman–Crippen LogP) is 3.06. The van der Waals surface area contributed by atoms with Crippen LogP contribution in [0, 0.1) is 5.92 Å². The summed E-state index contributed by atoms with van der Waals surface area (Å²) < 4.78 is 15.8. The molecule has 1 atom stereocenters. The summed E-state index contributed by atoms with van der Waals surface area (Å²) in [4.78, 5) is 24.6. The van der Waals surface area contributed by atoms with Gasteiger partial charge in [0.2, 0.25) is 18.6 Å². The van der Waals surface area contributed by atoms with Gasteiger partial charge in [0, 0.05) is 18.2 Å². The smallest absolute Gasteiger partial charge is 0.243 e. The van der Waals surface area contributed by atoms with E-state index in [-0.39, 0.29) is 31.1 Å². The van der Waals surface area contributed by atoms with Crippen molar-refractivity contribution in [1.29, 1.82) is 0 Å².